The summed E-state index contributed by atoms with van der Waals surface area (Å²) in [5.41, 5.74) is 1.17. The molecule has 220 valence electrons. The summed E-state index contributed by atoms with van der Waals surface area (Å²) >= 11 is 1.02. The highest BCUT2D eigenvalue weighted by molar-refractivity contribution is 7.89. The van der Waals surface area contributed by atoms with Gasteiger partial charge in [-0.25, -0.2) is 12.8 Å². The molecule has 7 nitrogen and oxygen atoms in total. The van der Waals surface area contributed by atoms with Crippen LogP contribution in [0.4, 0.5) is 4.39 Å². The van der Waals surface area contributed by atoms with E-state index in [1.165, 1.54) is 24.4 Å². The maximum Gasteiger partial charge on any atom is 0.312 e. The molecule has 41 heavy (non-hydrogen) atoms. The number of rotatable bonds is 9. The molecule has 1 aromatic heterocycles. The number of para-hydroxylation sites is 1. The summed E-state index contributed by atoms with van der Waals surface area (Å²) in [5, 5.41) is 0. The SMILES string of the molecule is CCC[C@@H]1CN(Cc2cc(C(c3cc(F)c(C(C)=O)s3)C(C)(C)C(=O)OC)ccc2C)S(=O)(=O)c2ccccc2O1. The third-order valence-electron chi connectivity index (χ3n) is 7.58. The molecule has 10 heteroatoms. The van der Waals surface area contributed by atoms with E-state index in [0.717, 1.165) is 28.9 Å². The molecule has 1 unspecified atom stereocenters. The van der Waals surface area contributed by atoms with Gasteiger partial charge in [0.15, 0.2) is 5.78 Å². The minimum atomic E-state index is -3.88. The number of ether oxygens (including phenoxy) is 2. The number of sulfonamides is 1. The van der Waals surface area contributed by atoms with Gasteiger partial charge in [-0.15, -0.1) is 11.3 Å². The molecule has 0 saturated carbocycles. The molecule has 0 saturated heterocycles. The van der Waals surface area contributed by atoms with Crippen molar-refractivity contribution >= 4 is 33.1 Å². The van der Waals surface area contributed by atoms with E-state index in [4.69, 9.17) is 9.47 Å². The lowest BCUT2D eigenvalue weighted by atomic mass is 9.73. The van der Waals surface area contributed by atoms with Gasteiger partial charge in [-0.3, -0.25) is 9.59 Å². The third-order valence-corrected chi connectivity index (χ3v) is 10.7. The van der Waals surface area contributed by atoms with Gasteiger partial charge >= 0.3 is 5.97 Å². The number of nitrogens with zero attached hydrogens (tertiary/aromatic N) is 1. The van der Waals surface area contributed by atoms with Crippen LogP contribution in [-0.4, -0.2) is 44.2 Å². The summed E-state index contributed by atoms with van der Waals surface area (Å²) < 4.78 is 55.2. The monoisotopic (exact) mass is 601 g/mol. The molecule has 4 rings (SSSR count). The zero-order valence-corrected chi connectivity index (χ0v) is 25.8. The highest BCUT2D eigenvalue weighted by Crippen LogP contribution is 2.46. The zero-order valence-electron chi connectivity index (χ0n) is 24.2. The minimum Gasteiger partial charge on any atom is -0.488 e. The molecular formula is C31H36FNO6S2. The van der Waals surface area contributed by atoms with Crippen molar-refractivity contribution in [3.8, 4) is 5.75 Å². The number of aryl methyl sites for hydroxylation is 1. The molecule has 0 radical (unpaired) electrons. The molecule has 3 aromatic rings. The maximum absolute atomic E-state index is 14.8. The summed E-state index contributed by atoms with van der Waals surface area (Å²) in [6.45, 7) is 8.94. The van der Waals surface area contributed by atoms with Crippen molar-refractivity contribution in [1.29, 1.82) is 0 Å². The number of fused-ring (bicyclic) bond motifs is 1. The smallest absolute Gasteiger partial charge is 0.312 e. The quantitative estimate of drug-likeness (QED) is 0.206. The Bertz CT molecular complexity index is 1560. The Morgan fingerprint density at radius 1 is 1.20 bits per heavy atom. The number of ketones is 1. The van der Waals surface area contributed by atoms with Crippen molar-refractivity contribution in [2.24, 2.45) is 5.41 Å². The van der Waals surface area contributed by atoms with Crippen LogP contribution in [0.2, 0.25) is 0 Å². The number of esters is 1. The van der Waals surface area contributed by atoms with Crippen LogP contribution < -0.4 is 4.74 Å². The Kier molecular flexibility index (Phi) is 9.06. The van der Waals surface area contributed by atoms with Gasteiger partial charge in [0.25, 0.3) is 0 Å². The molecule has 0 spiro atoms. The normalized spacial score (nSPS) is 17.7. The van der Waals surface area contributed by atoms with Crippen LogP contribution in [0, 0.1) is 18.2 Å². The average molecular weight is 602 g/mol. The van der Waals surface area contributed by atoms with E-state index in [9.17, 15) is 22.4 Å². The van der Waals surface area contributed by atoms with Gasteiger partial charge in [0.2, 0.25) is 10.0 Å². The standard InChI is InChI=1S/C31H36FNO6S2/c1-7-10-23-18-33(41(36,37)27-12-9-8-11-25(27)39-23)17-22-15-21(14-13-19(22)2)28(31(4,5)30(35)38-6)26-16-24(32)29(40-26)20(3)34/h8-9,11-16,23,28H,7,10,17-18H2,1-6H3/t23-,28?/m1/s1. The van der Waals surface area contributed by atoms with Crippen molar-refractivity contribution in [3.05, 3.63) is 80.8 Å². The summed E-state index contributed by atoms with van der Waals surface area (Å²) in [5.74, 6) is -1.83. The summed E-state index contributed by atoms with van der Waals surface area (Å²) in [6.07, 6.45) is 1.21. The first-order chi connectivity index (χ1) is 19.3. The zero-order chi connectivity index (χ0) is 30.1. The fraction of sp³-hybridized carbons (Fsp3) is 0.419. The van der Waals surface area contributed by atoms with E-state index in [0.29, 0.717) is 22.6 Å². The van der Waals surface area contributed by atoms with Crippen molar-refractivity contribution in [3.63, 3.8) is 0 Å². The Morgan fingerprint density at radius 2 is 1.90 bits per heavy atom. The van der Waals surface area contributed by atoms with Crippen molar-refractivity contribution in [1.82, 2.24) is 4.31 Å². The number of hydrogen-bond donors (Lipinski definition) is 0. The second kappa shape index (κ2) is 12.0. The Morgan fingerprint density at radius 3 is 2.54 bits per heavy atom. The van der Waals surface area contributed by atoms with E-state index in [1.807, 2.05) is 32.0 Å². The maximum atomic E-state index is 14.8. The lowest BCUT2D eigenvalue weighted by Gasteiger charge is -2.32. The molecule has 0 amide bonds. The molecule has 2 heterocycles. The number of carbonyl (C=O) groups is 2. The molecule has 0 bridgehead atoms. The second-order valence-corrected chi connectivity index (χ2v) is 14.0. The van der Waals surface area contributed by atoms with Gasteiger partial charge in [-0.2, -0.15) is 4.31 Å². The Labute approximate surface area is 245 Å². The van der Waals surface area contributed by atoms with E-state index in [1.54, 1.807) is 38.1 Å². The van der Waals surface area contributed by atoms with E-state index >= 15 is 0 Å². The van der Waals surface area contributed by atoms with Crippen LogP contribution >= 0.6 is 11.3 Å². The van der Waals surface area contributed by atoms with Crippen LogP contribution in [0.1, 0.15) is 77.7 Å². The van der Waals surface area contributed by atoms with Crippen LogP contribution in [0.3, 0.4) is 0 Å². The van der Waals surface area contributed by atoms with Gasteiger partial charge in [0.05, 0.1) is 19.1 Å². The number of benzene rings is 2. The first-order valence-corrected chi connectivity index (χ1v) is 15.8. The molecule has 1 aliphatic heterocycles. The molecule has 1 aliphatic rings. The lowest BCUT2D eigenvalue weighted by Crippen LogP contribution is -2.37. The average Bonchev–Trinajstić information content (AvgIpc) is 3.26. The molecular weight excluding hydrogens is 565 g/mol. The number of halogens is 1. The lowest BCUT2D eigenvalue weighted by molar-refractivity contribution is -0.151. The molecule has 0 fully saturated rings. The molecule has 0 aliphatic carbocycles. The van der Waals surface area contributed by atoms with E-state index < -0.39 is 38.9 Å². The minimum absolute atomic E-state index is 0.00528. The molecule has 0 N–H and O–H groups in total. The van der Waals surface area contributed by atoms with Crippen molar-refractivity contribution in [2.45, 2.75) is 70.9 Å². The number of thiophene rings is 1. The number of methoxy groups -OCH3 is 1. The molecule has 2 aromatic carbocycles. The van der Waals surface area contributed by atoms with E-state index in [-0.39, 0.29) is 29.0 Å². The van der Waals surface area contributed by atoms with Crippen LogP contribution in [0.25, 0.3) is 0 Å². The fourth-order valence-electron chi connectivity index (χ4n) is 5.38. The van der Waals surface area contributed by atoms with Gasteiger partial charge in [-0.1, -0.05) is 43.7 Å². The first-order valence-electron chi connectivity index (χ1n) is 13.5. The van der Waals surface area contributed by atoms with E-state index in [2.05, 4.69) is 0 Å². The van der Waals surface area contributed by atoms with Gasteiger partial charge < -0.3 is 9.47 Å². The second-order valence-electron chi connectivity index (χ2n) is 11.0. The predicted molar refractivity (Wildman–Crippen MR) is 156 cm³/mol. The van der Waals surface area contributed by atoms with Gasteiger partial charge in [0.1, 0.15) is 27.4 Å². The highest BCUT2D eigenvalue weighted by Gasteiger charge is 2.42. The Hall–Kier alpha value is -3.08. The van der Waals surface area contributed by atoms with Gasteiger partial charge in [-0.05, 0) is 62.1 Å². The van der Waals surface area contributed by atoms with Gasteiger partial charge in [0, 0.05) is 24.3 Å². The summed E-state index contributed by atoms with van der Waals surface area (Å²) in [4.78, 5) is 25.7. The van der Waals surface area contributed by atoms with Crippen molar-refractivity contribution < 1.29 is 31.9 Å². The predicted octanol–water partition coefficient (Wildman–Crippen LogP) is 6.48. The summed E-state index contributed by atoms with van der Waals surface area (Å²) in [7, 11) is -2.58. The van der Waals surface area contributed by atoms with Crippen LogP contribution in [0.15, 0.2) is 53.4 Å². The largest absolute Gasteiger partial charge is 0.488 e. The first kappa shape index (κ1) is 30.9. The van der Waals surface area contributed by atoms with Crippen LogP contribution in [0.5, 0.6) is 5.75 Å². The fourth-order valence-corrected chi connectivity index (χ4v) is 8.20. The van der Waals surface area contributed by atoms with Crippen molar-refractivity contribution in [2.75, 3.05) is 13.7 Å². The number of carbonyl (C=O) groups excluding carboxylic acids is 2. The third kappa shape index (κ3) is 6.10. The van der Waals surface area contributed by atoms with Crippen LogP contribution in [-0.2, 0) is 26.1 Å². The number of hydrogen-bond acceptors (Lipinski definition) is 7. The highest BCUT2D eigenvalue weighted by atomic mass is 32.2. The summed E-state index contributed by atoms with van der Waals surface area (Å²) in [6, 6.07) is 13.6. The topological polar surface area (TPSA) is 90.0 Å². The Balaban J connectivity index is 1.81. The number of Topliss-reactive ketones (excluding diaryl/α,β-unsaturated/α-hetero) is 1. The molecule has 2 atom stereocenters.